The first-order valence-corrected chi connectivity index (χ1v) is 10.2. The quantitative estimate of drug-likeness (QED) is 0.297. The molecule has 0 unspecified atom stereocenters. The molecule has 0 bridgehead atoms. The van der Waals surface area contributed by atoms with E-state index >= 15 is 0 Å². The zero-order chi connectivity index (χ0) is 18.8. The van der Waals surface area contributed by atoms with Gasteiger partial charge < -0.3 is 15.5 Å². The standard InChI is InChI=1S/C22H22IN3O/c1-27-21-13-20(25-18-8-3-2-7-16(18)21)22-15(6-4-5-11-24)17-12-14(23)9-10-19(17)26-22/h2-3,7-10,12-13,26H,4-6,11,24H2,1H3. The Morgan fingerprint density at radius 3 is 2.74 bits per heavy atom. The monoisotopic (exact) mass is 471 g/mol. The first-order chi connectivity index (χ1) is 13.2. The summed E-state index contributed by atoms with van der Waals surface area (Å²) >= 11 is 2.37. The molecule has 0 fully saturated rings. The highest BCUT2D eigenvalue weighted by Gasteiger charge is 2.16. The second kappa shape index (κ2) is 7.86. The maximum Gasteiger partial charge on any atom is 0.130 e. The van der Waals surface area contributed by atoms with Crippen LogP contribution in [0.15, 0.2) is 48.5 Å². The normalized spacial score (nSPS) is 11.4. The van der Waals surface area contributed by atoms with Crippen LogP contribution in [-0.4, -0.2) is 23.6 Å². The SMILES string of the molecule is COc1cc(-c2[nH]c3ccc(I)cc3c2CCCCN)nc2ccccc12. The minimum Gasteiger partial charge on any atom is -0.496 e. The van der Waals surface area contributed by atoms with Crippen molar-refractivity contribution in [2.75, 3.05) is 13.7 Å². The van der Waals surface area contributed by atoms with Gasteiger partial charge in [0.05, 0.1) is 24.0 Å². The average Bonchev–Trinajstić information content (AvgIpc) is 3.05. The Morgan fingerprint density at radius 2 is 1.93 bits per heavy atom. The maximum atomic E-state index is 5.72. The van der Waals surface area contributed by atoms with Crippen molar-refractivity contribution < 1.29 is 4.74 Å². The lowest BCUT2D eigenvalue weighted by atomic mass is 10.0. The second-order valence-electron chi connectivity index (χ2n) is 6.64. The molecule has 4 nitrogen and oxygen atoms in total. The van der Waals surface area contributed by atoms with Gasteiger partial charge in [0.25, 0.3) is 0 Å². The van der Waals surface area contributed by atoms with Gasteiger partial charge >= 0.3 is 0 Å². The van der Waals surface area contributed by atoms with Gasteiger partial charge in [-0.1, -0.05) is 12.1 Å². The number of benzene rings is 2. The average molecular weight is 471 g/mol. The van der Waals surface area contributed by atoms with Crippen LogP contribution in [0.1, 0.15) is 18.4 Å². The molecule has 27 heavy (non-hydrogen) atoms. The number of ether oxygens (including phenoxy) is 1. The summed E-state index contributed by atoms with van der Waals surface area (Å²) in [6, 6.07) is 16.6. The maximum absolute atomic E-state index is 5.72. The van der Waals surface area contributed by atoms with E-state index in [0.717, 1.165) is 59.4 Å². The number of para-hydroxylation sites is 1. The summed E-state index contributed by atoms with van der Waals surface area (Å²) < 4.78 is 6.88. The molecule has 4 aromatic rings. The summed E-state index contributed by atoms with van der Waals surface area (Å²) in [6.07, 6.45) is 3.06. The van der Waals surface area contributed by atoms with Crippen molar-refractivity contribution >= 4 is 44.4 Å². The molecule has 0 aliphatic carbocycles. The molecule has 3 N–H and O–H groups in total. The molecular formula is C22H22IN3O. The van der Waals surface area contributed by atoms with E-state index in [2.05, 4.69) is 45.8 Å². The van der Waals surface area contributed by atoms with Crippen molar-refractivity contribution in [3.8, 4) is 17.1 Å². The number of nitrogens with one attached hydrogen (secondary N) is 1. The summed E-state index contributed by atoms with van der Waals surface area (Å²) in [5.41, 5.74) is 11.1. The molecule has 0 atom stereocenters. The van der Waals surface area contributed by atoms with Crippen molar-refractivity contribution in [2.24, 2.45) is 5.73 Å². The lowest BCUT2D eigenvalue weighted by Crippen LogP contribution is -2.00. The number of fused-ring (bicyclic) bond motifs is 2. The molecular weight excluding hydrogens is 449 g/mol. The Bertz CT molecular complexity index is 1100. The molecule has 2 heterocycles. The second-order valence-corrected chi connectivity index (χ2v) is 7.89. The van der Waals surface area contributed by atoms with Crippen molar-refractivity contribution in [3.63, 3.8) is 0 Å². The molecule has 0 radical (unpaired) electrons. The Labute approximate surface area is 172 Å². The van der Waals surface area contributed by atoms with Gasteiger partial charge in [-0.05, 0) is 84.3 Å². The Kier molecular flexibility index (Phi) is 5.31. The molecule has 5 heteroatoms. The third kappa shape index (κ3) is 3.53. The van der Waals surface area contributed by atoms with Crippen LogP contribution in [0.3, 0.4) is 0 Å². The largest absolute Gasteiger partial charge is 0.496 e. The molecule has 2 aromatic heterocycles. The number of halogens is 1. The summed E-state index contributed by atoms with van der Waals surface area (Å²) in [5, 5.41) is 2.29. The number of hydrogen-bond acceptors (Lipinski definition) is 3. The van der Waals surface area contributed by atoms with Crippen LogP contribution < -0.4 is 10.5 Å². The molecule has 0 aliphatic rings. The molecule has 4 rings (SSSR count). The Hall–Kier alpha value is -2.12. The highest BCUT2D eigenvalue weighted by Crippen LogP contribution is 2.35. The van der Waals surface area contributed by atoms with Gasteiger partial charge in [-0.2, -0.15) is 0 Å². The smallest absolute Gasteiger partial charge is 0.130 e. The molecule has 138 valence electrons. The molecule has 0 spiro atoms. The van der Waals surface area contributed by atoms with E-state index in [0.29, 0.717) is 0 Å². The summed E-state index contributed by atoms with van der Waals surface area (Å²) in [4.78, 5) is 8.52. The van der Waals surface area contributed by atoms with Crippen molar-refractivity contribution in [1.82, 2.24) is 9.97 Å². The number of pyridine rings is 1. The van der Waals surface area contributed by atoms with Crippen LogP contribution >= 0.6 is 22.6 Å². The van der Waals surface area contributed by atoms with E-state index in [4.69, 9.17) is 15.5 Å². The summed E-state index contributed by atoms with van der Waals surface area (Å²) in [5.74, 6) is 0.844. The van der Waals surface area contributed by atoms with Crippen molar-refractivity contribution in [2.45, 2.75) is 19.3 Å². The van der Waals surface area contributed by atoms with Crippen LogP contribution in [-0.2, 0) is 6.42 Å². The minimum absolute atomic E-state index is 0.720. The molecule has 0 aliphatic heterocycles. The number of aryl methyl sites for hydroxylation is 1. The predicted octanol–water partition coefficient (Wildman–Crippen LogP) is 5.28. The first-order valence-electron chi connectivity index (χ1n) is 9.15. The number of aromatic nitrogens is 2. The van der Waals surface area contributed by atoms with Crippen molar-refractivity contribution in [1.29, 1.82) is 0 Å². The number of nitrogens with two attached hydrogens (primary N) is 1. The van der Waals surface area contributed by atoms with Gasteiger partial charge in [0.2, 0.25) is 0 Å². The molecule has 0 saturated carbocycles. The van der Waals surface area contributed by atoms with Gasteiger partial charge in [-0.3, -0.25) is 0 Å². The van der Waals surface area contributed by atoms with Gasteiger partial charge in [0, 0.05) is 25.9 Å². The van der Waals surface area contributed by atoms with E-state index in [1.54, 1.807) is 7.11 Å². The van der Waals surface area contributed by atoms with E-state index in [1.165, 1.54) is 14.5 Å². The van der Waals surface area contributed by atoms with Crippen LogP contribution in [0.4, 0.5) is 0 Å². The molecule has 0 amide bonds. The summed E-state index contributed by atoms with van der Waals surface area (Å²) in [7, 11) is 1.71. The highest BCUT2D eigenvalue weighted by molar-refractivity contribution is 14.1. The summed E-state index contributed by atoms with van der Waals surface area (Å²) in [6.45, 7) is 0.720. The fourth-order valence-corrected chi connectivity index (χ4v) is 4.08. The topological polar surface area (TPSA) is 63.9 Å². The zero-order valence-electron chi connectivity index (χ0n) is 15.3. The predicted molar refractivity (Wildman–Crippen MR) is 120 cm³/mol. The fraction of sp³-hybridized carbons (Fsp3) is 0.227. The van der Waals surface area contributed by atoms with Crippen molar-refractivity contribution in [3.05, 3.63) is 57.7 Å². The van der Waals surface area contributed by atoms with E-state index < -0.39 is 0 Å². The van der Waals surface area contributed by atoms with Gasteiger partial charge in [0.15, 0.2) is 0 Å². The Balaban J connectivity index is 1.92. The Morgan fingerprint density at radius 1 is 1.07 bits per heavy atom. The van der Waals surface area contributed by atoms with Crippen LogP contribution in [0.5, 0.6) is 5.75 Å². The minimum atomic E-state index is 0.720. The van der Waals surface area contributed by atoms with Gasteiger partial charge in [0.1, 0.15) is 5.75 Å². The molecule has 0 saturated heterocycles. The third-order valence-corrected chi connectivity index (χ3v) is 5.57. The number of H-pyrrole nitrogens is 1. The number of hydrogen-bond donors (Lipinski definition) is 2. The number of aromatic amines is 1. The molecule has 2 aromatic carbocycles. The zero-order valence-corrected chi connectivity index (χ0v) is 17.4. The lowest BCUT2D eigenvalue weighted by Gasteiger charge is -2.10. The number of rotatable bonds is 6. The van der Waals surface area contributed by atoms with Crippen LogP contribution in [0, 0.1) is 3.57 Å². The van der Waals surface area contributed by atoms with Crippen LogP contribution in [0.25, 0.3) is 33.2 Å². The highest BCUT2D eigenvalue weighted by atomic mass is 127. The van der Waals surface area contributed by atoms with E-state index in [1.807, 2.05) is 30.3 Å². The number of unbranched alkanes of at least 4 members (excludes halogenated alkanes) is 1. The van der Waals surface area contributed by atoms with Crippen LogP contribution in [0.2, 0.25) is 0 Å². The number of methoxy groups -OCH3 is 1. The van der Waals surface area contributed by atoms with Gasteiger partial charge in [-0.25, -0.2) is 4.98 Å². The fourth-order valence-electron chi connectivity index (χ4n) is 3.58. The number of nitrogens with zero attached hydrogens (tertiary/aromatic N) is 1. The lowest BCUT2D eigenvalue weighted by molar-refractivity contribution is 0.419. The third-order valence-electron chi connectivity index (χ3n) is 4.90. The van der Waals surface area contributed by atoms with E-state index in [9.17, 15) is 0 Å². The van der Waals surface area contributed by atoms with E-state index in [-0.39, 0.29) is 0 Å². The first kappa shape index (κ1) is 18.3. The van der Waals surface area contributed by atoms with Gasteiger partial charge in [-0.15, -0.1) is 0 Å².